The second kappa shape index (κ2) is 4.51. The number of rotatable bonds is 3. The average Bonchev–Trinajstić information content (AvgIpc) is 2.11. The molecule has 15 heavy (non-hydrogen) atoms. The number of ether oxygens (including phenoxy) is 1. The van der Waals surface area contributed by atoms with Crippen molar-refractivity contribution in [2.75, 3.05) is 13.2 Å². The normalized spacial score (nSPS) is 34.7. The Morgan fingerprint density at radius 1 is 1.47 bits per heavy atom. The Morgan fingerprint density at radius 3 is 2.60 bits per heavy atom. The molecule has 0 bridgehead atoms. The van der Waals surface area contributed by atoms with E-state index in [1.807, 2.05) is 0 Å². The molecule has 1 aliphatic rings. The largest absolute Gasteiger partial charge is 0.394 e. The monoisotopic (exact) mass is 211 g/mol. The highest BCUT2D eigenvalue weighted by atomic mass is 16.5. The van der Waals surface area contributed by atoms with Gasteiger partial charge >= 0.3 is 0 Å². The van der Waals surface area contributed by atoms with Crippen molar-refractivity contribution in [1.29, 1.82) is 5.26 Å². The van der Waals surface area contributed by atoms with E-state index in [-0.39, 0.29) is 18.6 Å². The van der Waals surface area contributed by atoms with Gasteiger partial charge in [0.1, 0.15) is 0 Å². The van der Waals surface area contributed by atoms with Crippen molar-refractivity contribution in [3.63, 3.8) is 0 Å². The van der Waals surface area contributed by atoms with Crippen LogP contribution in [0.25, 0.3) is 0 Å². The van der Waals surface area contributed by atoms with Crippen LogP contribution in [0, 0.1) is 22.7 Å². The molecule has 0 amide bonds. The van der Waals surface area contributed by atoms with E-state index in [2.05, 4.69) is 26.8 Å². The first-order valence-corrected chi connectivity index (χ1v) is 5.59. The second-order valence-corrected chi connectivity index (χ2v) is 5.53. The summed E-state index contributed by atoms with van der Waals surface area (Å²) in [5, 5.41) is 18.0. The topological polar surface area (TPSA) is 53.2 Å². The molecule has 0 spiro atoms. The Hall–Kier alpha value is -0.590. The van der Waals surface area contributed by atoms with E-state index < -0.39 is 5.60 Å². The number of hydrogen-bond donors (Lipinski definition) is 1. The predicted octanol–water partition coefficient (Wildman–Crippen LogP) is 2.10. The molecular formula is C12H21NO2. The maximum Gasteiger partial charge on any atom is 0.155 e. The van der Waals surface area contributed by atoms with Gasteiger partial charge in [-0.25, -0.2) is 0 Å². The third-order valence-electron chi connectivity index (χ3n) is 3.02. The van der Waals surface area contributed by atoms with Gasteiger partial charge in [0.25, 0.3) is 0 Å². The fourth-order valence-corrected chi connectivity index (χ4v) is 2.96. The molecular weight excluding hydrogens is 190 g/mol. The molecule has 2 unspecified atom stereocenters. The van der Waals surface area contributed by atoms with E-state index in [0.29, 0.717) is 5.92 Å². The third kappa shape index (κ3) is 3.19. The molecule has 1 rings (SSSR count). The molecule has 0 saturated heterocycles. The molecule has 2 atom stereocenters. The maximum absolute atomic E-state index is 9.26. The van der Waals surface area contributed by atoms with Crippen LogP contribution in [0.3, 0.4) is 0 Å². The predicted molar refractivity (Wildman–Crippen MR) is 58.2 cm³/mol. The molecule has 1 fully saturated rings. The Balaban J connectivity index is 2.76. The van der Waals surface area contributed by atoms with Crippen molar-refractivity contribution in [3.8, 4) is 6.07 Å². The highest BCUT2D eigenvalue weighted by Crippen LogP contribution is 2.45. The Morgan fingerprint density at radius 2 is 2.13 bits per heavy atom. The van der Waals surface area contributed by atoms with Crippen molar-refractivity contribution >= 4 is 0 Å². The SMILES string of the molecule is CC1CC(C)(C)CC(C#N)(OCCO)C1. The summed E-state index contributed by atoms with van der Waals surface area (Å²) >= 11 is 0. The van der Waals surface area contributed by atoms with Crippen molar-refractivity contribution in [3.05, 3.63) is 0 Å². The summed E-state index contributed by atoms with van der Waals surface area (Å²) < 4.78 is 5.56. The minimum Gasteiger partial charge on any atom is -0.394 e. The van der Waals surface area contributed by atoms with Gasteiger partial charge in [-0.05, 0) is 30.6 Å². The Labute approximate surface area is 92.0 Å². The van der Waals surface area contributed by atoms with Gasteiger partial charge in [-0.3, -0.25) is 0 Å². The van der Waals surface area contributed by atoms with Gasteiger partial charge in [0, 0.05) is 0 Å². The van der Waals surface area contributed by atoms with Gasteiger partial charge in [-0.15, -0.1) is 0 Å². The summed E-state index contributed by atoms with van der Waals surface area (Å²) in [6.45, 7) is 6.76. The summed E-state index contributed by atoms with van der Waals surface area (Å²) in [5.74, 6) is 0.507. The molecule has 1 aliphatic carbocycles. The van der Waals surface area contributed by atoms with Gasteiger partial charge < -0.3 is 9.84 Å². The first kappa shape index (κ1) is 12.5. The lowest BCUT2D eigenvalue weighted by molar-refractivity contribution is -0.0817. The van der Waals surface area contributed by atoms with Crippen molar-refractivity contribution < 1.29 is 9.84 Å². The van der Waals surface area contributed by atoms with Gasteiger partial charge in [0.05, 0.1) is 19.3 Å². The zero-order valence-corrected chi connectivity index (χ0v) is 9.92. The fraction of sp³-hybridized carbons (Fsp3) is 0.917. The molecule has 0 aliphatic heterocycles. The molecule has 3 nitrogen and oxygen atoms in total. The number of aliphatic hydroxyl groups is 1. The standard InChI is InChI=1S/C12H21NO2/c1-10-6-11(2,3)8-12(7-10,9-13)15-5-4-14/h10,14H,4-8H2,1-3H3. The lowest BCUT2D eigenvalue weighted by Crippen LogP contribution is -2.43. The first-order valence-electron chi connectivity index (χ1n) is 5.59. The van der Waals surface area contributed by atoms with E-state index >= 15 is 0 Å². The average molecular weight is 211 g/mol. The summed E-state index contributed by atoms with van der Waals surface area (Å²) in [6, 6.07) is 2.30. The molecule has 0 aromatic carbocycles. The Bertz CT molecular complexity index is 257. The minimum absolute atomic E-state index is 0.0156. The van der Waals surface area contributed by atoms with Crippen LogP contribution in [0.4, 0.5) is 0 Å². The van der Waals surface area contributed by atoms with Gasteiger partial charge in [-0.1, -0.05) is 20.8 Å². The summed E-state index contributed by atoms with van der Waals surface area (Å²) in [4.78, 5) is 0. The summed E-state index contributed by atoms with van der Waals surface area (Å²) in [7, 11) is 0. The van der Waals surface area contributed by atoms with E-state index in [1.165, 1.54) is 0 Å². The zero-order chi connectivity index (χ0) is 11.5. The van der Waals surface area contributed by atoms with Crippen molar-refractivity contribution in [2.24, 2.45) is 11.3 Å². The summed E-state index contributed by atoms with van der Waals surface area (Å²) in [6.07, 6.45) is 2.69. The number of hydrogen-bond acceptors (Lipinski definition) is 3. The van der Waals surface area contributed by atoms with E-state index in [4.69, 9.17) is 9.84 Å². The molecule has 0 aromatic heterocycles. The van der Waals surface area contributed by atoms with Crippen molar-refractivity contribution in [2.45, 2.75) is 45.6 Å². The molecule has 86 valence electrons. The quantitative estimate of drug-likeness (QED) is 0.777. The van der Waals surface area contributed by atoms with E-state index in [0.717, 1.165) is 19.3 Å². The molecule has 0 heterocycles. The number of aliphatic hydroxyl groups excluding tert-OH is 1. The van der Waals surface area contributed by atoms with Crippen LogP contribution in [0.15, 0.2) is 0 Å². The number of nitriles is 1. The molecule has 0 radical (unpaired) electrons. The smallest absolute Gasteiger partial charge is 0.155 e. The van der Waals surface area contributed by atoms with Gasteiger partial charge in [-0.2, -0.15) is 5.26 Å². The molecule has 1 saturated carbocycles. The van der Waals surface area contributed by atoms with Crippen LogP contribution in [-0.4, -0.2) is 23.9 Å². The van der Waals surface area contributed by atoms with Crippen LogP contribution in [0.1, 0.15) is 40.0 Å². The van der Waals surface area contributed by atoms with Crippen LogP contribution >= 0.6 is 0 Å². The highest BCUT2D eigenvalue weighted by molar-refractivity contribution is 5.08. The lowest BCUT2D eigenvalue weighted by atomic mass is 9.66. The lowest BCUT2D eigenvalue weighted by Gasteiger charge is -2.43. The maximum atomic E-state index is 9.26. The third-order valence-corrected chi connectivity index (χ3v) is 3.02. The minimum atomic E-state index is -0.677. The van der Waals surface area contributed by atoms with Crippen LogP contribution < -0.4 is 0 Å². The van der Waals surface area contributed by atoms with Crippen LogP contribution in [-0.2, 0) is 4.74 Å². The molecule has 3 heteroatoms. The first-order chi connectivity index (χ1) is 6.93. The number of nitrogens with zero attached hydrogens (tertiary/aromatic N) is 1. The van der Waals surface area contributed by atoms with Crippen LogP contribution in [0.2, 0.25) is 0 Å². The highest BCUT2D eigenvalue weighted by Gasteiger charge is 2.44. The van der Waals surface area contributed by atoms with Crippen LogP contribution in [0.5, 0.6) is 0 Å². The molecule has 0 aromatic rings. The molecule has 1 N–H and O–H groups in total. The van der Waals surface area contributed by atoms with E-state index in [9.17, 15) is 5.26 Å². The second-order valence-electron chi connectivity index (χ2n) is 5.53. The fourth-order valence-electron chi connectivity index (χ4n) is 2.96. The van der Waals surface area contributed by atoms with Gasteiger partial charge in [0.2, 0.25) is 0 Å². The van der Waals surface area contributed by atoms with Gasteiger partial charge in [0.15, 0.2) is 5.60 Å². The summed E-state index contributed by atoms with van der Waals surface area (Å²) in [5.41, 5.74) is -0.521. The Kier molecular flexibility index (Phi) is 3.75. The van der Waals surface area contributed by atoms with Crippen molar-refractivity contribution in [1.82, 2.24) is 0 Å². The zero-order valence-electron chi connectivity index (χ0n) is 9.92. The van der Waals surface area contributed by atoms with E-state index in [1.54, 1.807) is 0 Å².